The highest BCUT2D eigenvalue weighted by Crippen LogP contribution is 2.51. The zero-order chi connectivity index (χ0) is 22.1. The molecule has 0 radical (unpaired) electrons. The van der Waals surface area contributed by atoms with Crippen molar-refractivity contribution in [1.29, 1.82) is 0 Å². The lowest BCUT2D eigenvalue weighted by Crippen LogP contribution is -2.46. The summed E-state index contributed by atoms with van der Waals surface area (Å²) in [6.45, 7) is 3.59. The number of amides is 1. The maximum atomic E-state index is 13.5. The van der Waals surface area contributed by atoms with Crippen molar-refractivity contribution in [2.45, 2.75) is 12.1 Å². The predicted molar refractivity (Wildman–Crippen MR) is 121 cm³/mol. The van der Waals surface area contributed by atoms with Crippen LogP contribution in [0.5, 0.6) is 0 Å². The Labute approximate surface area is 187 Å². The zero-order valence-corrected chi connectivity index (χ0v) is 17.8. The Kier molecular flexibility index (Phi) is 5.53. The van der Waals surface area contributed by atoms with Gasteiger partial charge in [0.15, 0.2) is 5.60 Å². The van der Waals surface area contributed by atoms with Crippen molar-refractivity contribution in [3.63, 3.8) is 0 Å². The van der Waals surface area contributed by atoms with Crippen LogP contribution in [0.3, 0.4) is 0 Å². The molecule has 1 saturated carbocycles. The molecule has 3 atom stereocenters. The van der Waals surface area contributed by atoms with Crippen molar-refractivity contribution in [2.75, 3.05) is 19.6 Å². The number of hydrogen-bond donors (Lipinski definition) is 2. The van der Waals surface area contributed by atoms with Crippen molar-refractivity contribution in [3.05, 3.63) is 107 Å². The van der Waals surface area contributed by atoms with E-state index in [0.29, 0.717) is 35.4 Å². The lowest BCUT2D eigenvalue weighted by Gasteiger charge is -2.28. The second kappa shape index (κ2) is 8.49. The molecule has 5 rings (SSSR count). The summed E-state index contributed by atoms with van der Waals surface area (Å²) in [7, 11) is 0. The van der Waals surface area contributed by atoms with Crippen molar-refractivity contribution >= 4 is 5.91 Å². The highest BCUT2D eigenvalue weighted by atomic mass is 19.1. The van der Waals surface area contributed by atoms with Crippen LogP contribution in [0.1, 0.15) is 16.7 Å². The molecule has 1 aliphatic heterocycles. The molecule has 0 bridgehead atoms. The number of nitrogens with zero attached hydrogens (tertiary/aromatic N) is 1. The number of benzene rings is 3. The lowest BCUT2D eigenvalue weighted by molar-refractivity contribution is -0.136. The summed E-state index contributed by atoms with van der Waals surface area (Å²) < 4.78 is 13.5. The topological polar surface area (TPSA) is 52.6 Å². The molecule has 0 aromatic heterocycles. The minimum Gasteiger partial charge on any atom is -0.372 e. The van der Waals surface area contributed by atoms with E-state index < -0.39 is 17.3 Å². The molecule has 1 aliphatic carbocycles. The minimum atomic E-state index is -1.86. The van der Waals surface area contributed by atoms with Gasteiger partial charge in [0.25, 0.3) is 5.91 Å². The monoisotopic (exact) mass is 430 g/mol. The molecule has 32 heavy (non-hydrogen) atoms. The van der Waals surface area contributed by atoms with E-state index in [0.717, 1.165) is 19.6 Å². The third-order valence-electron chi connectivity index (χ3n) is 6.98. The molecule has 1 amide bonds. The zero-order valence-electron chi connectivity index (χ0n) is 17.8. The number of halogens is 1. The van der Waals surface area contributed by atoms with Crippen LogP contribution in [0, 0.1) is 23.6 Å². The van der Waals surface area contributed by atoms with E-state index in [9.17, 15) is 14.3 Å². The Morgan fingerprint density at radius 3 is 2.09 bits per heavy atom. The fraction of sp³-hybridized carbons (Fsp3) is 0.296. The number of hydrogen-bond acceptors (Lipinski definition) is 3. The molecule has 2 fully saturated rings. The SMILES string of the molecule is O=C(NCC1C2CN(Cc3ccccc3)CC12)C(O)(c1ccccc1)c1ccc(F)cc1. The molecule has 3 unspecified atom stereocenters. The molecular formula is C27H27FN2O2. The molecule has 5 heteroatoms. The van der Waals surface area contributed by atoms with Gasteiger partial charge in [-0.2, -0.15) is 0 Å². The standard InChI is InChI=1S/C27H27FN2O2/c28-22-13-11-21(12-14-22)27(32,20-9-5-2-6-10-20)26(31)29-15-23-24-17-30(18-25(23)24)16-19-7-3-1-4-8-19/h1-14,23-25,32H,15-18H2,(H,29,31). The van der Waals surface area contributed by atoms with Gasteiger partial charge in [0, 0.05) is 26.2 Å². The largest absolute Gasteiger partial charge is 0.372 e. The van der Waals surface area contributed by atoms with Crippen LogP contribution in [-0.4, -0.2) is 35.5 Å². The van der Waals surface area contributed by atoms with Crippen LogP contribution in [0.15, 0.2) is 84.9 Å². The van der Waals surface area contributed by atoms with Gasteiger partial charge in [-0.05, 0) is 46.6 Å². The van der Waals surface area contributed by atoms with E-state index in [-0.39, 0.29) is 0 Å². The van der Waals surface area contributed by atoms with E-state index in [1.807, 2.05) is 12.1 Å². The molecule has 3 aromatic rings. The highest BCUT2D eigenvalue weighted by Gasteiger charge is 2.55. The number of fused-ring (bicyclic) bond motifs is 1. The summed E-state index contributed by atoms with van der Waals surface area (Å²) in [6.07, 6.45) is 0. The average Bonchev–Trinajstić information content (AvgIpc) is 3.28. The first-order valence-corrected chi connectivity index (χ1v) is 11.1. The molecular weight excluding hydrogens is 403 g/mol. The second-order valence-corrected chi connectivity index (χ2v) is 8.96. The maximum Gasteiger partial charge on any atom is 0.261 e. The van der Waals surface area contributed by atoms with Gasteiger partial charge in [0.2, 0.25) is 0 Å². The van der Waals surface area contributed by atoms with Gasteiger partial charge in [-0.3, -0.25) is 9.69 Å². The molecule has 2 aliphatic rings. The van der Waals surface area contributed by atoms with Crippen LogP contribution >= 0.6 is 0 Å². The number of rotatable bonds is 7. The van der Waals surface area contributed by atoms with E-state index in [2.05, 4.69) is 34.5 Å². The third kappa shape index (κ3) is 3.94. The molecule has 164 valence electrons. The van der Waals surface area contributed by atoms with Crippen LogP contribution in [-0.2, 0) is 16.9 Å². The molecule has 1 saturated heterocycles. The van der Waals surface area contributed by atoms with Gasteiger partial charge < -0.3 is 10.4 Å². The Hall–Kier alpha value is -3.02. The van der Waals surface area contributed by atoms with Gasteiger partial charge in [0.1, 0.15) is 5.82 Å². The first-order chi connectivity index (χ1) is 15.6. The van der Waals surface area contributed by atoms with Crippen LogP contribution in [0.25, 0.3) is 0 Å². The summed E-state index contributed by atoms with van der Waals surface area (Å²) in [6, 6.07) is 24.8. The number of likely N-dealkylation sites (tertiary alicyclic amines) is 1. The molecule has 2 N–H and O–H groups in total. The summed E-state index contributed by atoms with van der Waals surface area (Å²) in [5.74, 6) is 0.750. The number of carbonyl (C=O) groups excluding carboxylic acids is 1. The van der Waals surface area contributed by atoms with Gasteiger partial charge in [-0.15, -0.1) is 0 Å². The highest BCUT2D eigenvalue weighted by molar-refractivity contribution is 5.90. The second-order valence-electron chi connectivity index (χ2n) is 8.96. The van der Waals surface area contributed by atoms with E-state index >= 15 is 0 Å². The van der Waals surface area contributed by atoms with Crippen molar-refractivity contribution in [1.82, 2.24) is 10.2 Å². The van der Waals surface area contributed by atoms with E-state index in [1.165, 1.54) is 29.8 Å². The van der Waals surface area contributed by atoms with Crippen molar-refractivity contribution < 1.29 is 14.3 Å². The lowest BCUT2D eigenvalue weighted by atomic mass is 9.85. The van der Waals surface area contributed by atoms with Crippen LogP contribution in [0.4, 0.5) is 4.39 Å². The fourth-order valence-corrected chi connectivity index (χ4v) is 5.15. The Morgan fingerprint density at radius 1 is 0.906 bits per heavy atom. The minimum absolute atomic E-state index is 0.354. The third-order valence-corrected chi connectivity index (χ3v) is 6.98. The van der Waals surface area contributed by atoms with Crippen LogP contribution < -0.4 is 5.32 Å². The fourth-order valence-electron chi connectivity index (χ4n) is 5.15. The van der Waals surface area contributed by atoms with Crippen molar-refractivity contribution in [3.8, 4) is 0 Å². The summed E-state index contributed by atoms with van der Waals surface area (Å²) in [5, 5.41) is 14.5. The van der Waals surface area contributed by atoms with Gasteiger partial charge in [-0.25, -0.2) is 4.39 Å². The van der Waals surface area contributed by atoms with E-state index in [1.54, 1.807) is 24.3 Å². The Morgan fingerprint density at radius 2 is 1.47 bits per heavy atom. The number of aliphatic hydroxyl groups is 1. The molecule has 3 aromatic carbocycles. The first kappa shape index (κ1) is 20.9. The summed E-state index contributed by atoms with van der Waals surface area (Å²) in [4.78, 5) is 15.7. The van der Waals surface area contributed by atoms with Gasteiger partial charge in [0.05, 0.1) is 0 Å². The summed E-state index contributed by atoms with van der Waals surface area (Å²) in [5.41, 5.74) is 0.283. The van der Waals surface area contributed by atoms with Gasteiger partial charge in [-0.1, -0.05) is 72.8 Å². The number of piperidine rings is 1. The molecule has 4 nitrogen and oxygen atoms in total. The number of carbonyl (C=O) groups is 1. The Bertz CT molecular complexity index is 1060. The normalized spacial score (nSPS) is 23.9. The van der Waals surface area contributed by atoms with Crippen molar-refractivity contribution in [2.24, 2.45) is 17.8 Å². The van der Waals surface area contributed by atoms with Crippen LogP contribution in [0.2, 0.25) is 0 Å². The van der Waals surface area contributed by atoms with Gasteiger partial charge >= 0.3 is 0 Å². The molecule has 1 heterocycles. The summed E-state index contributed by atoms with van der Waals surface area (Å²) >= 11 is 0. The predicted octanol–water partition coefficient (Wildman–Crippen LogP) is 3.56. The first-order valence-electron chi connectivity index (χ1n) is 11.1. The Balaban J connectivity index is 1.23. The average molecular weight is 431 g/mol. The van der Waals surface area contributed by atoms with E-state index in [4.69, 9.17) is 0 Å². The molecule has 0 spiro atoms. The quantitative estimate of drug-likeness (QED) is 0.603. The smallest absolute Gasteiger partial charge is 0.261 e. The maximum absolute atomic E-state index is 13.5. The number of nitrogens with one attached hydrogen (secondary N) is 1.